The minimum atomic E-state index is -0.358. The average molecular weight is 243 g/mol. The van der Waals surface area contributed by atoms with Crippen LogP contribution in [0.15, 0.2) is 23.1 Å². The van der Waals surface area contributed by atoms with Gasteiger partial charge >= 0.3 is 5.97 Å². The molecule has 3 nitrogen and oxygen atoms in total. The van der Waals surface area contributed by atoms with Crippen LogP contribution in [0.25, 0.3) is 0 Å². The first-order chi connectivity index (χ1) is 7.67. The largest absolute Gasteiger partial charge is 0.468 e. The molecule has 0 aliphatic heterocycles. The van der Waals surface area contributed by atoms with E-state index in [-0.39, 0.29) is 17.5 Å². The van der Waals surface area contributed by atoms with Crippen molar-refractivity contribution in [1.82, 2.24) is 5.32 Å². The van der Waals surface area contributed by atoms with Gasteiger partial charge in [-0.3, -0.25) is 4.79 Å². The van der Waals surface area contributed by atoms with E-state index in [2.05, 4.69) is 10.1 Å². The predicted octanol–water partition coefficient (Wildman–Crippen LogP) is 1.81. The topological polar surface area (TPSA) is 38.3 Å². The van der Waals surface area contributed by atoms with Crippen molar-refractivity contribution < 1.29 is 13.9 Å². The first kappa shape index (κ1) is 13.0. The molecule has 1 aromatic carbocycles. The molecule has 0 amide bonds. The monoisotopic (exact) mass is 243 g/mol. The number of hydrogen-bond donors (Lipinski definition) is 1. The van der Waals surface area contributed by atoms with Crippen LogP contribution >= 0.6 is 11.8 Å². The summed E-state index contributed by atoms with van der Waals surface area (Å²) in [6.45, 7) is 0.624. The van der Waals surface area contributed by atoms with E-state index in [1.165, 1.54) is 13.2 Å². The van der Waals surface area contributed by atoms with Crippen molar-refractivity contribution >= 4 is 17.7 Å². The maximum atomic E-state index is 13.5. The second-order valence-electron chi connectivity index (χ2n) is 3.16. The molecule has 1 N–H and O–H groups in total. The number of ether oxygens (including phenoxy) is 1. The quantitative estimate of drug-likeness (QED) is 0.632. The molecule has 0 atom stereocenters. The van der Waals surface area contributed by atoms with Crippen LogP contribution in [0.2, 0.25) is 0 Å². The molecule has 0 saturated heterocycles. The first-order valence-corrected chi connectivity index (χ1v) is 5.78. The van der Waals surface area contributed by atoms with Gasteiger partial charge in [-0.05, 0) is 24.7 Å². The van der Waals surface area contributed by atoms with Gasteiger partial charge in [0.25, 0.3) is 0 Å². The lowest BCUT2D eigenvalue weighted by Crippen LogP contribution is -2.06. The number of carbonyl (C=O) groups is 1. The minimum absolute atomic E-state index is 0.124. The summed E-state index contributed by atoms with van der Waals surface area (Å²) in [6, 6.07) is 4.98. The Morgan fingerprint density at radius 2 is 2.31 bits per heavy atom. The second kappa shape index (κ2) is 6.50. The standard InChI is InChI=1S/C11H14FNO2S/c1-13-6-8-3-4-10(9(12)5-8)16-7-11(14)15-2/h3-5,13H,6-7H2,1-2H3. The first-order valence-electron chi connectivity index (χ1n) is 4.80. The van der Waals surface area contributed by atoms with Crippen LogP contribution in [0.3, 0.4) is 0 Å². The molecule has 0 aliphatic carbocycles. The summed E-state index contributed by atoms with van der Waals surface area (Å²) in [5.74, 6) is -0.538. The molecule has 1 aromatic rings. The summed E-state index contributed by atoms with van der Waals surface area (Å²) < 4.78 is 18.0. The van der Waals surface area contributed by atoms with Gasteiger partial charge < -0.3 is 10.1 Å². The Kier molecular flexibility index (Phi) is 5.28. The Hall–Kier alpha value is -1.07. The van der Waals surface area contributed by atoms with Crippen LogP contribution in [-0.2, 0) is 16.1 Å². The summed E-state index contributed by atoms with van der Waals surface area (Å²) >= 11 is 1.14. The molecule has 0 aromatic heterocycles. The van der Waals surface area contributed by atoms with Gasteiger partial charge in [0.1, 0.15) is 5.82 Å². The van der Waals surface area contributed by atoms with E-state index in [0.29, 0.717) is 11.4 Å². The third-order valence-corrected chi connectivity index (χ3v) is 2.97. The van der Waals surface area contributed by atoms with E-state index in [1.807, 2.05) is 6.07 Å². The normalized spacial score (nSPS) is 10.2. The van der Waals surface area contributed by atoms with E-state index in [4.69, 9.17) is 0 Å². The molecule has 0 radical (unpaired) electrons. The summed E-state index contributed by atoms with van der Waals surface area (Å²) in [5, 5.41) is 2.94. The number of halogens is 1. The van der Waals surface area contributed by atoms with Crippen molar-refractivity contribution in [3.8, 4) is 0 Å². The van der Waals surface area contributed by atoms with Crippen molar-refractivity contribution in [2.24, 2.45) is 0 Å². The highest BCUT2D eigenvalue weighted by molar-refractivity contribution is 8.00. The molecular weight excluding hydrogens is 229 g/mol. The van der Waals surface area contributed by atoms with Gasteiger partial charge in [-0.15, -0.1) is 11.8 Å². The number of rotatable bonds is 5. The van der Waals surface area contributed by atoms with E-state index in [9.17, 15) is 9.18 Å². The molecular formula is C11H14FNO2S. The molecule has 16 heavy (non-hydrogen) atoms. The molecule has 0 spiro atoms. The lowest BCUT2D eigenvalue weighted by molar-refractivity contribution is -0.137. The van der Waals surface area contributed by atoms with Gasteiger partial charge in [0.2, 0.25) is 0 Å². The zero-order chi connectivity index (χ0) is 12.0. The smallest absolute Gasteiger partial charge is 0.315 e. The zero-order valence-corrected chi connectivity index (χ0v) is 10.1. The Labute approximate surface area is 98.4 Å². The maximum absolute atomic E-state index is 13.5. The Balaban J connectivity index is 2.64. The highest BCUT2D eigenvalue weighted by Crippen LogP contribution is 2.22. The van der Waals surface area contributed by atoms with E-state index in [0.717, 1.165) is 17.3 Å². The summed E-state index contributed by atoms with van der Waals surface area (Å²) in [4.78, 5) is 11.4. The maximum Gasteiger partial charge on any atom is 0.315 e. The number of nitrogens with one attached hydrogen (secondary N) is 1. The number of carbonyl (C=O) groups excluding carboxylic acids is 1. The Morgan fingerprint density at radius 1 is 1.56 bits per heavy atom. The van der Waals surface area contributed by atoms with Gasteiger partial charge in [0, 0.05) is 11.4 Å². The van der Waals surface area contributed by atoms with Crippen LogP contribution < -0.4 is 5.32 Å². The van der Waals surface area contributed by atoms with Gasteiger partial charge in [0.15, 0.2) is 0 Å². The molecule has 0 bridgehead atoms. The number of hydrogen-bond acceptors (Lipinski definition) is 4. The molecule has 5 heteroatoms. The summed E-state index contributed by atoms with van der Waals surface area (Å²) in [7, 11) is 3.12. The fraction of sp³-hybridized carbons (Fsp3) is 0.364. The third kappa shape index (κ3) is 3.83. The SMILES string of the molecule is CNCc1ccc(SCC(=O)OC)c(F)c1. The van der Waals surface area contributed by atoms with Gasteiger partial charge in [0.05, 0.1) is 12.9 Å². The number of esters is 1. The van der Waals surface area contributed by atoms with Crippen molar-refractivity contribution in [2.75, 3.05) is 19.9 Å². The average Bonchev–Trinajstić information content (AvgIpc) is 2.28. The van der Waals surface area contributed by atoms with Gasteiger partial charge in [-0.25, -0.2) is 4.39 Å². The fourth-order valence-electron chi connectivity index (χ4n) is 1.17. The van der Waals surface area contributed by atoms with E-state index in [1.54, 1.807) is 13.1 Å². The fourth-order valence-corrected chi connectivity index (χ4v) is 1.92. The van der Waals surface area contributed by atoms with E-state index < -0.39 is 0 Å². The molecule has 0 heterocycles. The molecule has 0 saturated carbocycles. The van der Waals surface area contributed by atoms with Gasteiger partial charge in [-0.1, -0.05) is 6.07 Å². The molecule has 0 aliphatic rings. The molecule has 0 unspecified atom stereocenters. The number of benzene rings is 1. The van der Waals surface area contributed by atoms with Crippen molar-refractivity contribution in [2.45, 2.75) is 11.4 Å². The second-order valence-corrected chi connectivity index (χ2v) is 4.18. The number of methoxy groups -OCH3 is 1. The summed E-state index contributed by atoms with van der Waals surface area (Å²) in [5.41, 5.74) is 0.877. The Morgan fingerprint density at radius 3 is 2.88 bits per heavy atom. The van der Waals surface area contributed by atoms with Crippen LogP contribution in [-0.4, -0.2) is 25.9 Å². The lowest BCUT2D eigenvalue weighted by Gasteiger charge is -2.05. The van der Waals surface area contributed by atoms with Crippen LogP contribution in [0.4, 0.5) is 4.39 Å². The van der Waals surface area contributed by atoms with E-state index >= 15 is 0 Å². The zero-order valence-electron chi connectivity index (χ0n) is 9.25. The summed E-state index contributed by atoms with van der Waals surface area (Å²) in [6.07, 6.45) is 0. The molecule has 88 valence electrons. The van der Waals surface area contributed by atoms with Gasteiger partial charge in [-0.2, -0.15) is 0 Å². The molecule has 1 rings (SSSR count). The highest BCUT2D eigenvalue weighted by atomic mass is 32.2. The Bertz CT molecular complexity index is 371. The molecule has 0 fully saturated rings. The third-order valence-electron chi connectivity index (χ3n) is 1.95. The minimum Gasteiger partial charge on any atom is -0.468 e. The number of thioether (sulfide) groups is 1. The van der Waals surface area contributed by atoms with Crippen molar-refractivity contribution in [3.63, 3.8) is 0 Å². The predicted molar refractivity (Wildman–Crippen MR) is 61.9 cm³/mol. The van der Waals surface area contributed by atoms with Crippen molar-refractivity contribution in [3.05, 3.63) is 29.6 Å². The van der Waals surface area contributed by atoms with Crippen LogP contribution in [0.5, 0.6) is 0 Å². The van der Waals surface area contributed by atoms with Crippen LogP contribution in [0, 0.1) is 5.82 Å². The lowest BCUT2D eigenvalue weighted by atomic mass is 10.2. The van der Waals surface area contributed by atoms with Crippen LogP contribution in [0.1, 0.15) is 5.56 Å². The van der Waals surface area contributed by atoms with Crippen molar-refractivity contribution in [1.29, 1.82) is 0 Å². The highest BCUT2D eigenvalue weighted by Gasteiger charge is 2.07.